The van der Waals surface area contributed by atoms with Gasteiger partial charge in [-0.3, -0.25) is 0 Å². The number of ether oxygens (including phenoxy) is 1. The van der Waals surface area contributed by atoms with Gasteiger partial charge in [-0.2, -0.15) is 13.1 Å². The van der Waals surface area contributed by atoms with Crippen LogP contribution in [0.15, 0.2) is 24.3 Å². The summed E-state index contributed by atoms with van der Waals surface area (Å²) in [5.41, 5.74) is 0. The lowest BCUT2D eigenvalue weighted by Gasteiger charge is -2.40. The third-order valence-electron chi connectivity index (χ3n) is 5.09. The van der Waals surface area contributed by atoms with E-state index in [1.165, 1.54) is 50.2 Å². The Balaban J connectivity index is 1.49. The Morgan fingerprint density at radius 2 is 1.88 bits per heavy atom. The third kappa shape index (κ3) is 5.25. The van der Waals surface area contributed by atoms with Gasteiger partial charge in [0, 0.05) is 10.9 Å². The number of hydrogen-bond acceptors (Lipinski definition) is 5. The molecule has 1 amide bonds. The highest BCUT2D eigenvalue weighted by Gasteiger charge is 2.37. The summed E-state index contributed by atoms with van der Waals surface area (Å²) in [5.74, 6) is 0.341. The summed E-state index contributed by atoms with van der Waals surface area (Å²) < 4.78 is 35.6. The van der Waals surface area contributed by atoms with E-state index >= 15 is 0 Å². The van der Waals surface area contributed by atoms with Gasteiger partial charge in [0.15, 0.2) is 0 Å². The lowest BCUT2D eigenvalue weighted by atomic mass is 9.84. The Labute approximate surface area is 158 Å². The van der Waals surface area contributed by atoms with Gasteiger partial charge < -0.3 is 13.8 Å². The summed E-state index contributed by atoms with van der Waals surface area (Å²) in [4.78, 5) is 13.5. The topological polar surface area (TPSA) is 86.1 Å². The van der Waals surface area contributed by atoms with Crippen LogP contribution in [0.2, 0.25) is 5.02 Å². The van der Waals surface area contributed by atoms with Crippen LogP contribution in [0.1, 0.15) is 32.1 Å². The van der Waals surface area contributed by atoms with Crippen molar-refractivity contribution >= 4 is 28.0 Å². The van der Waals surface area contributed by atoms with Crippen molar-refractivity contribution in [2.75, 3.05) is 19.7 Å². The van der Waals surface area contributed by atoms with Gasteiger partial charge >= 0.3 is 16.4 Å². The molecule has 0 saturated carbocycles. The fourth-order valence-corrected chi connectivity index (χ4v) is 4.72. The minimum absolute atomic E-state index is 0.0587. The van der Waals surface area contributed by atoms with Gasteiger partial charge in [0.2, 0.25) is 0 Å². The molecule has 2 heterocycles. The first kappa shape index (κ1) is 19.3. The van der Waals surface area contributed by atoms with Crippen LogP contribution in [0, 0.1) is 5.92 Å². The SMILES string of the molecule is O=C(NS(=O)(=O)Oc1ccc(Cl)cc1)OC[C@@H]1CCC[NH+]2CCCC[C@@H]12. The smallest absolute Gasteiger partial charge is 0.423 e. The maximum Gasteiger partial charge on any atom is 0.423 e. The summed E-state index contributed by atoms with van der Waals surface area (Å²) in [6.07, 6.45) is 4.71. The van der Waals surface area contributed by atoms with Gasteiger partial charge in [0.1, 0.15) is 12.4 Å². The Morgan fingerprint density at radius 3 is 2.65 bits per heavy atom. The van der Waals surface area contributed by atoms with Crippen molar-refractivity contribution in [3.63, 3.8) is 0 Å². The van der Waals surface area contributed by atoms with Crippen molar-refractivity contribution < 1.29 is 27.0 Å². The highest BCUT2D eigenvalue weighted by atomic mass is 35.5. The van der Waals surface area contributed by atoms with Crippen molar-refractivity contribution in [1.29, 1.82) is 0 Å². The summed E-state index contributed by atoms with van der Waals surface area (Å²) >= 11 is 5.73. The van der Waals surface area contributed by atoms with Crippen molar-refractivity contribution in [2.24, 2.45) is 5.92 Å². The average molecular weight is 404 g/mol. The van der Waals surface area contributed by atoms with Crippen LogP contribution in [0.4, 0.5) is 4.79 Å². The van der Waals surface area contributed by atoms with E-state index in [1.54, 1.807) is 9.62 Å². The predicted molar refractivity (Wildman–Crippen MR) is 96.5 cm³/mol. The molecule has 1 unspecified atom stereocenters. The minimum Gasteiger partial charge on any atom is -0.448 e. The number of rotatable bonds is 5. The average Bonchev–Trinajstić information content (AvgIpc) is 2.61. The first-order chi connectivity index (χ1) is 12.4. The van der Waals surface area contributed by atoms with Crippen molar-refractivity contribution in [3.05, 3.63) is 29.3 Å². The quantitative estimate of drug-likeness (QED) is 0.778. The van der Waals surface area contributed by atoms with Crippen LogP contribution in [-0.4, -0.2) is 40.2 Å². The molecule has 2 aliphatic rings. The third-order valence-corrected chi connectivity index (χ3v) is 6.17. The van der Waals surface area contributed by atoms with E-state index in [-0.39, 0.29) is 18.3 Å². The van der Waals surface area contributed by atoms with E-state index in [4.69, 9.17) is 20.5 Å². The minimum atomic E-state index is -4.30. The highest BCUT2D eigenvalue weighted by molar-refractivity contribution is 7.85. The Bertz CT molecular complexity index is 723. The van der Waals surface area contributed by atoms with Crippen LogP contribution in [0.25, 0.3) is 0 Å². The zero-order chi connectivity index (χ0) is 18.6. The molecule has 1 aromatic rings. The molecule has 2 N–H and O–H groups in total. The van der Waals surface area contributed by atoms with E-state index in [0.717, 1.165) is 19.3 Å². The maximum absolute atomic E-state index is 11.9. The fraction of sp³-hybridized carbons (Fsp3) is 0.588. The number of piperidine rings is 2. The Kier molecular flexibility index (Phi) is 6.26. The zero-order valence-electron chi connectivity index (χ0n) is 14.4. The second-order valence-electron chi connectivity index (χ2n) is 6.85. The molecule has 144 valence electrons. The first-order valence-electron chi connectivity index (χ1n) is 8.92. The number of halogens is 1. The molecule has 0 aliphatic carbocycles. The molecular weight excluding hydrogens is 380 g/mol. The summed E-state index contributed by atoms with van der Waals surface area (Å²) in [7, 11) is -4.30. The molecule has 0 aromatic heterocycles. The second-order valence-corrected chi connectivity index (χ2v) is 8.57. The normalized spacial score (nSPS) is 25.8. The van der Waals surface area contributed by atoms with E-state index in [0.29, 0.717) is 11.1 Å². The number of benzene rings is 1. The predicted octanol–water partition coefficient (Wildman–Crippen LogP) is 1.54. The van der Waals surface area contributed by atoms with Crippen LogP contribution in [0.5, 0.6) is 5.75 Å². The molecular formula is C17H24ClN2O5S+. The van der Waals surface area contributed by atoms with Crippen molar-refractivity contribution in [1.82, 2.24) is 4.72 Å². The van der Waals surface area contributed by atoms with Crippen molar-refractivity contribution in [2.45, 2.75) is 38.1 Å². The Morgan fingerprint density at radius 1 is 1.15 bits per heavy atom. The zero-order valence-corrected chi connectivity index (χ0v) is 16.0. The standard InChI is InChI=1S/C17H23ClN2O5S/c18-14-6-8-15(9-7-14)25-26(22,23)19-17(21)24-12-13-4-3-11-20-10-2-1-5-16(13)20/h6-9,13,16H,1-5,10-12H2,(H,19,21)/p+1/t13-,16-/m0/s1. The molecule has 2 saturated heterocycles. The lowest BCUT2D eigenvalue weighted by molar-refractivity contribution is -0.940. The van der Waals surface area contributed by atoms with Gasteiger partial charge in [-0.05, 0) is 56.4 Å². The number of carbonyl (C=O) groups excluding carboxylic acids is 1. The molecule has 2 fully saturated rings. The van der Waals surface area contributed by atoms with Crippen LogP contribution in [0.3, 0.4) is 0 Å². The lowest BCUT2D eigenvalue weighted by Crippen LogP contribution is -3.18. The van der Waals surface area contributed by atoms with Gasteiger partial charge in [-0.25, -0.2) is 4.79 Å². The fourth-order valence-electron chi connectivity index (χ4n) is 3.93. The molecule has 0 spiro atoms. The number of quaternary nitrogens is 1. The molecule has 3 atom stereocenters. The van der Waals surface area contributed by atoms with Gasteiger partial charge in [-0.1, -0.05) is 11.6 Å². The number of fused-ring (bicyclic) bond motifs is 1. The van der Waals surface area contributed by atoms with Gasteiger partial charge in [-0.15, -0.1) is 0 Å². The van der Waals surface area contributed by atoms with Crippen LogP contribution < -0.4 is 13.8 Å². The van der Waals surface area contributed by atoms with E-state index < -0.39 is 16.4 Å². The molecule has 2 aliphatic heterocycles. The van der Waals surface area contributed by atoms with E-state index in [1.807, 2.05) is 0 Å². The van der Waals surface area contributed by atoms with Crippen molar-refractivity contribution in [3.8, 4) is 5.75 Å². The monoisotopic (exact) mass is 403 g/mol. The molecule has 0 radical (unpaired) electrons. The molecule has 9 heteroatoms. The number of carbonyl (C=O) groups is 1. The number of nitrogens with one attached hydrogen (secondary N) is 2. The molecule has 7 nitrogen and oxygen atoms in total. The van der Waals surface area contributed by atoms with Gasteiger partial charge in [0.05, 0.1) is 19.1 Å². The summed E-state index contributed by atoms with van der Waals surface area (Å²) in [6, 6.07) is 6.29. The Hall–Kier alpha value is -1.51. The summed E-state index contributed by atoms with van der Waals surface area (Å²) in [5, 5.41) is 0.452. The molecule has 26 heavy (non-hydrogen) atoms. The maximum atomic E-state index is 11.9. The van der Waals surface area contributed by atoms with Crippen LogP contribution >= 0.6 is 11.6 Å². The first-order valence-corrected chi connectivity index (χ1v) is 10.7. The number of amides is 1. The summed E-state index contributed by atoms with van der Waals surface area (Å²) in [6.45, 7) is 2.59. The molecule has 0 bridgehead atoms. The largest absolute Gasteiger partial charge is 0.448 e. The van der Waals surface area contributed by atoms with E-state index in [2.05, 4.69) is 0 Å². The van der Waals surface area contributed by atoms with E-state index in [9.17, 15) is 13.2 Å². The highest BCUT2D eigenvalue weighted by Crippen LogP contribution is 2.21. The molecule has 1 aromatic carbocycles. The number of hydrogen-bond donors (Lipinski definition) is 2. The van der Waals surface area contributed by atoms with Crippen LogP contribution in [-0.2, 0) is 15.0 Å². The second kappa shape index (κ2) is 8.45. The molecule has 3 rings (SSSR count). The van der Waals surface area contributed by atoms with Gasteiger partial charge in [0.25, 0.3) is 0 Å².